The first-order valence-corrected chi connectivity index (χ1v) is 7.11. The van der Waals surface area contributed by atoms with Gasteiger partial charge in [0.1, 0.15) is 11.9 Å². The lowest BCUT2D eigenvalue weighted by Gasteiger charge is -2.23. The summed E-state index contributed by atoms with van der Waals surface area (Å²) in [6.07, 6.45) is -0.134. The maximum absolute atomic E-state index is 12.4. The smallest absolute Gasteiger partial charge is 0.177 e. The van der Waals surface area contributed by atoms with Crippen LogP contribution in [0.25, 0.3) is 0 Å². The summed E-state index contributed by atoms with van der Waals surface area (Å²) in [5.41, 5.74) is 0.813. The Kier molecular flexibility index (Phi) is 4.55. The number of carbonyl (C=O) groups excluding carboxylic acids is 2. The first kappa shape index (κ1) is 13.3. The largest absolute Gasteiger partial charge is 0.369 e. The van der Waals surface area contributed by atoms with Gasteiger partial charge in [0, 0.05) is 25.0 Å². The molecule has 3 nitrogen and oxygen atoms in total. The molecule has 1 fully saturated rings. The van der Waals surface area contributed by atoms with E-state index in [1.807, 2.05) is 30.3 Å². The van der Waals surface area contributed by atoms with Crippen LogP contribution in [0.2, 0.25) is 0 Å². The Bertz CT molecular complexity index is 430. The lowest BCUT2D eigenvalue weighted by Crippen LogP contribution is -2.34. The summed E-state index contributed by atoms with van der Waals surface area (Å²) in [5, 5.41) is 0. The monoisotopic (exact) mass is 264 g/mol. The molecule has 18 heavy (non-hydrogen) atoms. The van der Waals surface area contributed by atoms with Crippen molar-refractivity contribution in [3.8, 4) is 0 Å². The molecule has 0 aromatic heterocycles. The zero-order chi connectivity index (χ0) is 13.0. The molecule has 0 aliphatic carbocycles. The number of ether oxygens (including phenoxy) is 1. The number of benzene rings is 1. The molecule has 0 amide bonds. The third-order valence-corrected chi connectivity index (χ3v) is 4.17. The van der Waals surface area contributed by atoms with E-state index in [1.54, 1.807) is 11.8 Å². The van der Waals surface area contributed by atoms with Crippen LogP contribution in [-0.4, -0.2) is 30.2 Å². The highest BCUT2D eigenvalue weighted by atomic mass is 32.2. The zero-order valence-corrected chi connectivity index (χ0v) is 11.1. The van der Waals surface area contributed by atoms with Crippen molar-refractivity contribution in [1.29, 1.82) is 0 Å². The molecule has 2 atom stereocenters. The molecular formula is C14H16O3S. The van der Waals surface area contributed by atoms with Crippen LogP contribution in [0.5, 0.6) is 0 Å². The molecule has 1 aromatic carbocycles. The van der Waals surface area contributed by atoms with Gasteiger partial charge in [-0.25, -0.2) is 0 Å². The molecule has 2 unspecified atom stereocenters. The van der Waals surface area contributed by atoms with Crippen LogP contribution in [0, 0.1) is 5.92 Å². The van der Waals surface area contributed by atoms with Crippen LogP contribution in [0.3, 0.4) is 0 Å². The van der Waals surface area contributed by atoms with Crippen LogP contribution in [-0.2, 0) is 14.3 Å². The van der Waals surface area contributed by atoms with Crippen LogP contribution >= 0.6 is 11.8 Å². The van der Waals surface area contributed by atoms with Crippen LogP contribution in [0.15, 0.2) is 30.3 Å². The highest BCUT2D eigenvalue weighted by molar-refractivity contribution is 7.99. The second-order valence-electron chi connectivity index (χ2n) is 4.27. The highest BCUT2D eigenvalue weighted by Crippen LogP contribution is 2.27. The van der Waals surface area contributed by atoms with Gasteiger partial charge < -0.3 is 4.74 Å². The van der Waals surface area contributed by atoms with Gasteiger partial charge in [0.05, 0.1) is 5.92 Å². The number of carbonyl (C=O) groups is 2. The summed E-state index contributed by atoms with van der Waals surface area (Å²) in [6.45, 7) is 0. The van der Waals surface area contributed by atoms with Crippen molar-refractivity contribution in [2.45, 2.75) is 12.5 Å². The van der Waals surface area contributed by atoms with Crippen LogP contribution in [0.1, 0.15) is 18.1 Å². The molecule has 1 aliphatic rings. The van der Waals surface area contributed by atoms with Crippen molar-refractivity contribution < 1.29 is 14.3 Å². The molecular weight excluding hydrogens is 248 g/mol. The van der Waals surface area contributed by atoms with E-state index in [0.717, 1.165) is 11.3 Å². The van der Waals surface area contributed by atoms with E-state index >= 15 is 0 Å². The van der Waals surface area contributed by atoms with Gasteiger partial charge in [0.15, 0.2) is 5.78 Å². The predicted molar refractivity (Wildman–Crippen MR) is 71.6 cm³/mol. The average Bonchev–Trinajstić information content (AvgIpc) is 2.41. The summed E-state index contributed by atoms with van der Waals surface area (Å²) in [6, 6.07) is 9.33. The van der Waals surface area contributed by atoms with E-state index in [9.17, 15) is 9.59 Å². The normalized spacial score (nSPS) is 21.6. The van der Waals surface area contributed by atoms with E-state index < -0.39 is 12.0 Å². The van der Waals surface area contributed by atoms with E-state index in [4.69, 9.17) is 4.74 Å². The number of rotatable bonds is 4. The number of ketones is 2. The van der Waals surface area contributed by atoms with Crippen molar-refractivity contribution in [3.05, 3.63) is 35.9 Å². The second kappa shape index (κ2) is 6.16. The van der Waals surface area contributed by atoms with Crippen molar-refractivity contribution in [1.82, 2.24) is 0 Å². The predicted octanol–water partition coefficient (Wildman–Crippen LogP) is 2.27. The minimum absolute atomic E-state index is 0.0525. The number of hydrogen-bond acceptors (Lipinski definition) is 4. The average molecular weight is 264 g/mol. The Labute approximate surface area is 111 Å². The van der Waals surface area contributed by atoms with E-state index in [1.165, 1.54) is 7.11 Å². The molecule has 0 bridgehead atoms. The van der Waals surface area contributed by atoms with Crippen molar-refractivity contribution in [3.63, 3.8) is 0 Å². The number of hydrogen-bond donors (Lipinski definition) is 0. The molecule has 0 spiro atoms. The summed E-state index contributed by atoms with van der Waals surface area (Å²) in [5.74, 6) is 0.849. The molecule has 0 N–H and O–H groups in total. The Balaban J connectivity index is 2.17. The summed E-state index contributed by atoms with van der Waals surface area (Å²) < 4.78 is 5.29. The maximum atomic E-state index is 12.4. The summed E-state index contributed by atoms with van der Waals surface area (Å²) >= 11 is 1.66. The molecule has 1 aliphatic heterocycles. The van der Waals surface area contributed by atoms with Gasteiger partial charge in [0.2, 0.25) is 0 Å². The first-order chi connectivity index (χ1) is 8.74. The molecule has 1 aromatic rings. The third-order valence-electron chi connectivity index (χ3n) is 3.11. The molecule has 0 saturated carbocycles. The Hall–Kier alpha value is -1.13. The summed E-state index contributed by atoms with van der Waals surface area (Å²) in [7, 11) is 1.51. The molecule has 1 heterocycles. The molecule has 96 valence electrons. The van der Waals surface area contributed by atoms with Gasteiger partial charge >= 0.3 is 0 Å². The minimum atomic E-state index is -0.626. The van der Waals surface area contributed by atoms with Crippen molar-refractivity contribution >= 4 is 23.3 Å². The fourth-order valence-corrected chi connectivity index (χ4v) is 3.21. The highest BCUT2D eigenvalue weighted by Gasteiger charge is 2.34. The van der Waals surface area contributed by atoms with E-state index in [-0.39, 0.29) is 11.6 Å². The fourth-order valence-electron chi connectivity index (χ4n) is 2.11. The van der Waals surface area contributed by atoms with Gasteiger partial charge in [0.25, 0.3) is 0 Å². The van der Waals surface area contributed by atoms with Gasteiger partial charge in [-0.1, -0.05) is 30.3 Å². The van der Waals surface area contributed by atoms with Gasteiger partial charge in [-0.3, -0.25) is 9.59 Å². The molecule has 2 rings (SSSR count). The van der Waals surface area contributed by atoms with Gasteiger partial charge in [-0.05, 0) is 5.56 Å². The van der Waals surface area contributed by atoms with Crippen molar-refractivity contribution in [2.75, 3.05) is 18.6 Å². The lowest BCUT2D eigenvalue weighted by atomic mass is 9.92. The lowest BCUT2D eigenvalue weighted by molar-refractivity contribution is -0.138. The van der Waals surface area contributed by atoms with Gasteiger partial charge in [-0.15, -0.1) is 0 Å². The Morgan fingerprint density at radius 2 is 2.11 bits per heavy atom. The van der Waals surface area contributed by atoms with Crippen LogP contribution in [0.4, 0.5) is 0 Å². The topological polar surface area (TPSA) is 43.4 Å². The Morgan fingerprint density at radius 1 is 1.39 bits per heavy atom. The van der Waals surface area contributed by atoms with Gasteiger partial charge in [-0.2, -0.15) is 11.8 Å². The molecule has 4 heteroatoms. The quantitative estimate of drug-likeness (QED) is 0.782. The minimum Gasteiger partial charge on any atom is -0.369 e. The number of Topliss-reactive ketones (excluding diaryl/α,β-unsaturated/α-hetero) is 2. The SMILES string of the molecule is COC(C(=O)C1CSCCC1=O)c1ccccc1. The summed E-state index contributed by atoms with van der Waals surface area (Å²) in [4.78, 5) is 24.2. The number of thioether (sulfide) groups is 1. The second-order valence-corrected chi connectivity index (χ2v) is 5.42. The maximum Gasteiger partial charge on any atom is 0.177 e. The molecule has 0 radical (unpaired) electrons. The fraction of sp³-hybridized carbons (Fsp3) is 0.429. The number of methoxy groups -OCH3 is 1. The standard InChI is InChI=1S/C14H16O3S/c1-17-14(10-5-3-2-4-6-10)13(16)11-9-18-8-7-12(11)15/h2-6,11,14H,7-9H2,1H3. The van der Waals surface area contributed by atoms with E-state index in [0.29, 0.717) is 12.2 Å². The van der Waals surface area contributed by atoms with E-state index in [2.05, 4.69) is 0 Å². The first-order valence-electron chi connectivity index (χ1n) is 5.96. The van der Waals surface area contributed by atoms with Crippen LogP contribution < -0.4 is 0 Å². The zero-order valence-electron chi connectivity index (χ0n) is 10.3. The Morgan fingerprint density at radius 3 is 2.72 bits per heavy atom. The third kappa shape index (κ3) is 2.82. The molecule has 1 saturated heterocycles. The van der Waals surface area contributed by atoms with Crippen molar-refractivity contribution in [2.24, 2.45) is 5.92 Å².